The molecule has 1 aliphatic rings. The minimum Gasteiger partial charge on any atom is -0.323 e. The van der Waals surface area contributed by atoms with Crippen molar-refractivity contribution in [1.82, 2.24) is 9.55 Å². The first-order valence-electron chi connectivity index (χ1n) is 8.47. The zero-order valence-electron chi connectivity index (χ0n) is 14.2. The van der Waals surface area contributed by atoms with E-state index in [-0.39, 0.29) is 11.6 Å². The second kappa shape index (κ2) is 6.26. The summed E-state index contributed by atoms with van der Waals surface area (Å²) in [5.41, 5.74) is -0.0838. The molecule has 0 atom stereocenters. The van der Waals surface area contributed by atoms with Gasteiger partial charge in [-0.2, -0.15) is 13.2 Å². The Morgan fingerprint density at radius 1 is 1.11 bits per heavy atom. The standard InChI is InChI=1S/C20H16F3N3O/c21-20(22,23)15-6-7-17(26-11-10-24-13-26)16(12-15)25-18(27)19(8-9-19)14-4-2-1-3-5-14/h1-7,10-13H,8-9H2,(H,25,27). The van der Waals surface area contributed by atoms with Gasteiger partial charge in [-0.3, -0.25) is 4.79 Å². The lowest BCUT2D eigenvalue weighted by Gasteiger charge is -2.19. The fraction of sp³-hybridized carbons (Fsp3) is 0.200. The van der Waals surface area contributed by atoms with Crippen molar-refractivity contribution in [3.8, 4) is 5.69 Å². The molecule has 0 radical (unpaired) electrons. The Morgan fingerprint density at radius 2 is 1.85 bits per heavy atom. The fourth-order valence-electron chi connectivity index (χ4n) is 3.21. The molecule has 1 amide bonds. The highest BCUT2D eigenvalue weighted by molar-refractivity contribution is 6.02. The molecule has 1 fully saturated rings. The lowest BCUT2D eigenvalue weighted by Crippen LogP contribution is -2.28. The van der Waals surface area contributed by atoms with Gasteiger partial charge in [-0.25, -0.2) is 4.98 Å². The third-order valence-corrected chi connectivity index (χ3v) is 4.87. The molecule has 4 rings (SSSR count). The molecule has 0 spiro atoms. The molecule has 0 unspecified atom stereocenters. The number of halogens is 3. The first-order chi connectivity index (χ1) is 12.9. The normalized spacial score (nSPS) is 15.4. The molecule has 1 aliphatic carbocycles. The summed E-state index contributed by atoms with van der Waals surface area (Å²) < 4.78 is 41.0. The minimum absolute atomic E-state index is 0.107. The van der Waals surface area contributed by atoms with Crippen LogP contribution in [0.5, 0.6) is 0 Å². The van der Waals surface area contributed by atoms with Crippen molar-refractivity contribution in [3.05, 3.63) is 78.4 Å². The van der Waals surface area contributed by atoms with Gasteiger partial charge in [-0.1, -0.05) is 30.3 Å². The van der Waals surface area contributed by atoms with E-state index in [9.17, 15) is 18.0 Å². The molecular formula is C20H16F3N3O. The van der Waals surface area contributed by atoms with Gasteiger partial charge < -0.3 is 9.88 Å². The molecule has 1 saturated carbocycles. The number of rotatable bonds is 4. The van der Waals surface area contributed by atoms with Crippen molar-refractivity contribution >= 4 is 11.6 Å². The van der Waals surface area contributed by atoms with Crippen LogP contribution in [0.25, 0.3) is 5.69 Å². The quantitative estimate of drug-likeness (QED) is 0.731. The fourth-order valence-corrected chi connectivity index (χ4v) is 3.21. The lowest BCUT2D eigenvalue weighted by molar-refractivity contribution is -0.137. The highest BCUT2D eigenvalue weighted by Crippen LogP contribution is 2.49. The molecule has 4 nitrogen and oxygen atoms in total. The second-order valence-electron chi connectivity index (χ2n) is 6.60. The van der Waals surface area contributed by atoms with Gasteiger partial charge in [-0.05, 0) is 36.6 Å². The Bertz CT molecular complexity index is 962. The van der Waals surface area contributed by atoms with E-state index in [4.69, 9.17) is 0 Å². The number of nitrogens with one attached hydrogen (secondary N) is 1. The van der Waals surface area contributed by atoms with Crippen molar-refractivity contribution in [2.75, 3.05) is 5.32 Å². The predicted molar refractivity (Wildman–Crippen MR) is 94.5 cm³/mol. The number of hydrogen-bond donors (Lipinski definition) is 1. The summed E-state index contributed by atoms with van der Waals surface area (Å²) in [6, 6.07) is 12.6. The van der Waals surface area contributed by atoms with Crippen LogP contribution in [-0.2, 0) is 16.4 Å². The molecule has 1 heterocycles. The van der Waals surface area contributed by atoms with Gasteiger partial charge in [0, 0.05) is 12.4 Å². The Labute approximate surface area is 153 Å². The second-order valence-corrected chi connectivity index (χ2v) is 6.60. The van der Waals surface area contributed by atoms with Crippen LogP contribution in [0.1, 0.15) is 24.0 Å². The van der Waals surface area contributed by atoms with Crippen molar-refractivity contribution in [2.24, 2.45) is 0 Å². The van der Waals surface area contributed by atoms with Crippen LogP contribution in [0.2, 0.25) is 0 Å². The third-order valence-electron chi connectivity index (χ3n) is 4.87. The highest BCUT2D eigenvalue weighted by Gasteiger charge is 2.51. The van der Waals surface area contributed by atoms with Gasteiger partial charge in [0.05, 0.1) is 28.7 Å². The van der Waals surface area contributed by atoms with Gasteiger partial charge >= 0.3 is 6.18 Å². The smallest absolute Gasteiger partial charge is 0.323 e. The summed E-state index contributed by atoms with van der Waals surface area (Å²) in [7, 11) is 0. The number of carbonyl (C=O) groups excluding carboxylic acids is 1. The van der Waals surface area contributed by atoms with E-state index in [2.05, 4.69) is 10.3 Å². The van der Waals surface area contributed by atoms with Gasteiger partial charge in [0.2, 0.25) is 5.91 Å². The molecule has 138 valence electrons. The number of alkyl halides is 3. The molecule has 1 aromatic heterocycles. The number of carbonyl (C=O) groups is 1. The first kappa shape index (κ1) is 17.3. The maximum Gasteiger partial charge on any atom is 0.416 e. The topological polar surface area (TPSA) is 46.9 Å². The molecule has 27 heavy (non-hydrogen) atoms. The van der Waals surface area contributed by atoms with Crippen LogP contribution in [-0.4, -0.2) is 15.5 Å². The van der Waals surface area contributed by atoms with Crippen LogP contribution in [0.15, 0.2) is 67.3 Å². The number of anilines is 1. The summed E-state index contributed by atoms with van der Waals surface area (Å²) >= 11 is 0. The Hall–Kier alpha value is -3.09. The van der Waals surface area contributed by atoms with Gasteiger partial charge in [-0.15, -0.1) is 0 Å². The average Bonchev–Trinajstić information content (AvgIpc) is 3.29. The minimum atomic E-state index is -4.50. The molecular weight excluding hydrogens is 355 g/mol. The number of amides is 1. The predicted octanol–water partition coefficient (Wildman–Crippen LogP) is 4.56. The largest absolute Gasteiger partial charge is 0.416 e. The van der Waals surface area contributed by atoms with E-state index in [0.717, 1.165) is 17.7 Å². The maximum atomic E-state index is 13.2. The number of nitrogens with zero attached hydrogens (tertiary/aromatic N) is 2. The number of aromatic nitrogens is 2. The number of benzene rings is 2. The van der Waals surface area contributed by atoms with Crippen LogP contribution in [0.3, 0.4) is 0 Å². The monoisotopic (exact) mass is 371 g/mol. The maximum absolute atomic E-state index is 13.2. The van der Waals surface area contributed by atoms with Gasteiger partial charge in [0.1, 0.15) is 0 Å². The molecule has 7 heteroatoms. The Balaban J connectivity index is 1.71. The summed E-state index contributed by atoms with van der Waals surface area (Å²) in [6.45, 7) is 0. The van der Waals surface area contributed by atoms with Crippen molar-refractivity contribution in [1.29, 1.82) is 0 Å². The van der Waals surface area contributed by atoms with E-state index in [1.165, 1.54) is 18.6 Å². The van der Waals surface area contributed by atoms with Crippen molar-refractivity contribution in [2.45, 2.75) is 24.4 Å². The van der Waals surface area contributed by atoms with E-state index < -0.39 is 17.2 Å². The Kier molecular flexibility index (Phi) is 4.02. The van der Waals surface area contributed by atoms with Crippen LogP contribution >= 0.6 is 0 Å². The summed E-state index contributed by atoms with van der Waals surface area (Å²) in [6.07, 6.45) is 1.45. The molecule has 0 aliphatic heterocycles. The molecule has 2 aromatic carbocycles. The van der Waals surface area contributed by atoms with Gasteiger partial charge in [0.15, 0.2) is 0 Å². The molecule has 0 bridgehead atoms. The first-order valence-corrected chi connectivity index (χ1v) is 8.47. The lowest BCUT2D eigenvalue weighted by atomic mass is 9.95. The summed E-state index contributed by atoms with van der Waals surface area (Å²) in [4.78, 5) is 16.9. The van der Waals surface area contributed by atoms with E-state index in [1.807, 2.05) is 30.3 Å². The molecule has 0 saturated heterocycles. The average molecular weight is 371 g/mol. The zero-order valence-corrected chi connectivity index (χ0v) is 14.2. The zero-order chi connectivity index (χ0) is 19.1. The highest BCUT2D eigenvalue weighted by atomic mass is 19.4. The van der Waals surface area contributed by atoms with E-state index >= 15 is 0 Å². The van der Waals surface area contributed by atoms with Crippen molar-refractivity contribution in [3.63, 3.8) is 0 Å². The van der Waals surface area contributed by atoms with Gasteiger partial charge in [0.25, 0.3) is 0 Å². The molecule has 1 N–H and O–H groups in total. The van der Waals surface area contributed by atoms with Crippen LogP contribution in [0.4, 0.5) is 18.9 Å². The SMILES string of the molecule is O=C(Nc1cc(C(F)(F)F)ccc1-n1ccnc1)C1(c2ccccc2)CC1. The Morgan fingerprint density at radius 3 is 2.44 bits per heavy atom. The van der Waals surface area contributed by atoms with E-state index in [0.29, 0.717) is 18.5 Å². The summed E-state index contributed by atoms with van der Waals surface area (Å²) in [5, 5.41) is 2.73. The summed E-state index contributed by atoms with van der Waals surface area (Å²) in [5.74, 6) is -0.297. The van der Waals surface area contributed by atoms with E-state index in [1.54, 1.807) is 10.8 Å². The molecule has 3 aromatic rings. The number of hydrogen-bond acceptors (Lipinski definition) is 2. The van der Waals surface area contributed by atoms with Crippen LogP contribution in [0, 0.1) is 0 Å². The van der Waals surface area contributed by atoms with Crippen molar-refractivity contribution < 1.29 is 18.0 Å². The van der Waals surface area contributed by atoms with Crippen LogP contribution < -0.4 is 5.32 Å². The third kappa shape index (κ3) is 3.20. The number of imidazole rings is 1.